The highest BCUT2D eigenvalue weighted by Crippen LogP contribution is 2.28. The lowest BCUT2D eigenvalue weighted by atomic mass is 10.2. The largest absolute Gasteiger partial charge is 0.354 e. The maximum atomic E-state index is 11.9. The highest BCUT2D eigenvalue weighted by molar-refractivity contribution is 9.10. The summed E-state index contributed by atoms with van der Waals surface area (Å²) in [6, 6.07) is 0. The zero-order chi connectivity index (χ0) is 19.8. The fourth-order valence-electron chi connectivity index (χ4n) is 3.43. The van der Waals surface area contributed by atoms with E-state index >= 15 is 0 Å². The van der Waals surface area contributed by atoms with Crippen molar-refractivity contribution in [3.05, 3.63) is 22.3 Å². The van der Waals surface area contributed by atoms with E-state index in [1.807, 2.05) is 36.7 Å². The normalized spacial score (nSPS) is 14.6. The number of aromatic nitrogens is 6. The smallest absolute Gasteiger partial charge is 0.239 e. The number of halogens is 1. The monoisotopic (exact) mass is 447 g/mol. The molecule has 3 aromatic rings. The van der Waals surface area contributed by atoms with Crippen molar-refractivity contribution in [3.8, 4) is 0 Å². The number of hydrogen-bond acceptors (Lipinski definition) is 7. The fraction of sp³-hybridized carbons (Fsp3) is 0.471. The molecule has 0 aromatic carbocycles. The lowest BCUT2D eigenvalue weighted by Crippen LogP contribution is -2.48. The Bertz CT molecular complexity index is 1040. The van der Waals surface area contributed by atoms with Crippen molar-refractivity contribution in [3.63, 3.8) is 0 Å². The van der Waals surface area contributed by atoms with E-state index in [1.54, 1.807) is 4.68 Å². The molecule has 1 amide bonds. The summed E-state index contributed by atoms with van der Waals surface area (Å²) in [6.45, 7) is 4.15. The summed E-state index contributed by atoms with van der Waals surface area (Å²) in [7, 11) is 3.83. The van der Waals surface area contributed by atoms with Gasteiger partial charge in [-0.1, -0.05) is 0 Å². The van der Waals surface area contributed by atoms with E-state index in [0.717, 1.165) is 39.4 Å². The number of anilines is 2. The van der Waals surface area contributed by atoms with Gasteiger partial charge in [-0.2, -0.15) is 15.1 Å². The second-order valence-electron chi connectivity index (χ2n) is 6.82. The van der Waals surface area contributed by atoms with E-state index < -0.39 is 0 Å². The average molecular weight is 448 g/mol. The van der Waals surface area contributed by atoms with Crippen molar-refractivity contribution >= 4 is 44.6 Å². The van der Waals surface area contributed by atoms with E-state index in [9.17, 15) is 4.79 Å². The molecule has 1 aliphatic heterocycles. The van der Waals surface area contributed by atoms with Gasteiger partial charge in [-0.3, -0.25) is 4.79 Å². The molecule has 0 aliphatic carbocycles. The number of aryl methyl sites for hydroxylation is 3. The van der Waals surface area contributed by atoms with Crippen LogP contribution >= 0.6 is 15.9 Å². The lowest BCUT2D eigenvalue weighted by Gasteiger charge is -2.28. The van der Waals surface area contributed by atoms with Gasteiger partial charge in [-0.05, 0) is 22.9 Å². The standard InChI is InChI=1S/C17H22BrN9O/c1-10-14-15(26(3)24-10)22-17(20-5-4-12-21-11(18)8-25(12)2)23-16(14)27-7-6-19-13(28)9-27/h8H,4-7,9H2,1-3H3,(H,19,28)(H,20,22,23). The van der Waals surface area contributed by atoms with E-state index in [-0.39, 0.29) is 12.5 Å². The van der Waals surface area contributed by atoms with Crippen LogP contribution in [0.3, 0.4) is 0 Å². The van der Waals surface area contributed by atoms with Crippen LogP contribution in [-0.2, 0) is 25.3 Å². The Morgan fingerprint density at radius 3 is 2.82 bits per heavy atom. The summed E-state index contributed by atoms with van der Waals surface area (Å²) in [5.74, 6) is 2.22. The number of carbonyl (C=O) groups is 1. The Morgan fingerprint density at radius 1 is 1.29 bits per heavy atom. The molecule has 2 N–H and O–H groups in total. The maximum absolute atomic E-state index is 11.9. The fourth-order valence-corrected chi connectivity index (χ4v) is 3.94. The zero-order valence-corrected chi connectivity index (χ0v) is 17.6. The van der Waals surface area contributed by atoms with Crippen LogP contribution in [0.1, 0.15) is 11.5 Å². The highest BCUT2D eigenvalue weighted by atomic mass is 79.9. The van der Waals surface area contributed by atoms with Crippen molar-refractivity contribution in [1.29, 1.82) is 0 Å². The molecule has 0 bridgehead atoms. The Kier molecular flexibility index (Phi) is 4.92. The molecule has 3 aromatic heterocycles. The van der Waals surface area contributed by atoms with Gasteiger partial charge in [0, 0.05) is 46.3 Å². The number of imidazole rings is 1. The Morgan fingerprint density at radius 2 is 2.11 bits per heavy atom. The number of fused-ring (bicyclic) bond motifs is 1. The van der Waals surface area contributed by atoms with Crippen molar-refractivity contribution in [1.82, 2.24) is 34.6 Å². The average Bonchev–Trinajstić information content (AvgIpc) is 3.12. The third-order valence-corrected chi connectivity index (χ3v) is 5.13. The van der Waals surface area contributed by atoms with Crippen LogP contribution in [0.5, 0.6) is 0 Å². The molecule has 0 saturated carbocycles. The molecule has 1 aliphatic rings. The first-order valence-electron chi connectivity index (χ1n) is 9.07. The van der Waals surface area contributed by atoms with Gasteiger partial charge in [0.15, 0.2) is 5.65 Å². The molecule has 4 rings (SSSR count). The molecular formula is C17H22BrN9O. The van der Waals surface area contributed by atoms with Gasteiger partial charge in [0.25, 0.3) is 0 Å². The molecule has 11 heteroatoms. The first-order valence-corrected chi connectivity index (χ1v) is 9.86. The number of amides is 1. The summed E-state index contributed by atoms with van der Waals surface area (Å²) in [6.07, 6.45) is 2.66. The van der Waals surface area contributed by atoms with Crippen LogP contribution in [0, 0.1) is 6.92 Å². The highest BCUT2D eigenvalue weighted by Gasteiger charge is 2.23. The van der Waals surface area contributed by atoms with Crippen LogP contribution in [-0.4, -0.2) is 61.4 Å². The lowest BCUT2D eigenvalue weighted by molar-refractivity contribution is -0.120. The van der Waals surface area contributed by atoms with E-state index in [1.165, 1.54) is 0 Å². The third-order valence-electron chi connectivity index (χ3n) is 4.75. The van der Waals surface area contributed by atoms with Gasteiger partial charge in [0.05, 0.1) is 17.6 Å². The predicted octanol–water partition coefficient (Wildman–Crippen LogP) is 0.759. The van der Waals surface area contributed by atoms with E-state index in [2.05, 4.69) is 41.6 Å². The first kappa shape index (κ1) is 18.7. The SMILES string of the molecule is Cc1nn(C)c2nc(NCCc3nc(Br)cn3C)nc(N3CCNC(=O)C3)c12. The maximum Gasteiger partial charge on any atom is 0.239 e. The first-order chi connectivity index (χ1) is 13.4. The van der Waals surface area contributed by atoms with E-state index in [0.29, 0.717) is 25.6 Å². The van der Waals surface area contributed by atoms with Crippen molar-refractivity contribution in [2.75, 3.05) is 36.4 Å². The van der Waals surface area contributed by atoms with Crippen LogP contribution in [0.4, 0.5) is 11.8 Å². The van der Waals surface area contributed by atoms with Crippen molar-refractivity contribution in [2.45, 2.75) is 13.3 Å². The minimum atomic E-state index is -0.00516. The minimum absolute atomic E-state index is 0.00516. The molecule has 1 saturated heterocycles. The molecule has 0 atom stereocenters. The van der Waals surface area contributed by atoms with E-state index in [4.69, 9.17) is 4.98 Å². The number of rotatable bonds is 5. The zero-order valence-electron chi connectivity index (χ0n) is 16.0. The molecular weight excluding hydrogens is 426 g/mol. The Balaban J connectivity index is 1.62. The topological polar surface area (TPSA) is 106 Å². The Hall–Kier alpha value is -2.69. The van der Waals surface area contributed by atoms with Gasteiger partial charge in [-0.25, -0.2) is 9.67 Å². The van der Waals surface area contributed by atoms with Crippen LogP contribution in [0.2, 0.25) is 0 Å². The number of piperazine rings is 1. The van der Waals surface area contributed by atoms with Gasteiger partial charge in [0.1, 0.15) is 16.2 Å². The van der Waals surface area contributed by atoms with Gasteiger partial charge in [0.2, 0.25) is 11.9 Å². The van der Waals surface area contributed by atoms with Crippen molar-refractivity contribution < 1.29 is 4.79 Å². The summed E-state index contributed by atoms with van der Waals surface area (Å²) < 4.78 is 4.55. The molecule has 0 spiro atoms. The second kappa shape index (κ2) is 7.38. The predicted molar refractivity (Wildman–Crippen MR) is 109 cm³/mol. The molecule has 0 unspecified atom stereocenters. The molecule has 148 valence electrons. The van der Waals surface area contributed by atoms with Crippen molar-refractivity contribution in [2.24, 2.45) is 14.1 Å². The molecule has 1 fully saturated rings. The van der Waals surface area contributed by atoms with Crippen LogP contribution < -0.4 is 15.5 Å². The van der Waals surface area contributed by atoms with Crippen LogP contribution in [0.25, 0.3) is 11.0 Å². The minimum Gasteiger partial charge on any atom is -0.354 e. The summed E-state index contributed by atoms with van der Waals surface area (Å²) >= 11 is 3.39. The Labute approximate surface area is 170 Å². The number of carbonyl (C=O) groups excluding carboxylic acids is 1. The van der Waals surface area contributed by atoms with Gasteiger partial charge in [-0.15, -0.1) is 0 Å². The summed E-state index contributed by atoms with van der Waals surface area (Å²) in [5, 5.41) is 11.5. The molecule has 10 nitrogen and oxygen atoms in total. The quantitative estimate of drug-likeness (QED) is 0.594. The van der Waals surface area contributed by atoms with Crippen LogP contribution in [0.15, 0.2) is 10.8 Å². The number of nitrogens with one attached hydrogen (secondary N) is 2. The summed E-state index contributed by atoms with van der Waals surface area (Å²) in [4.78, 5) is 27.7. The van der Waals surface area contributed by atoms with Gasteiger partial charge >= 0.3 is 0 Å². The summed E-state index contributed by atoms with van der Waals surface area (Å²) in [5.41, 5.74) is 1.60. The third kappa shape index (κ3) is 3.53. The second-order valence-corrected chi connectivity index (χ2v) is 7.63. The number of nitrogens with zero attached hydrogens (tertiary/aromatic N) is 7. The molecule has 0 radical (unpaired) electrons. The molecule has 4 heterocycles. The van der Waals surface area contributed by atoms with Gasteiger partial charge < -0.3 is 20.1 Å². The molecule has 28 heavy (non-hydrogen) atoms. The number of hydrogen-bond donors (Lipinski definition) is 2.